The Morgan fingerprint density at radius 2 is 2.05 bits per heavy atom. The van der Waals surface area contributed by atoms with Crippen molar-refractivity contribution in [1.82, 2.24) is 10.2 Å². The fraction of sp³-hybridized carbons (Fsp3) is 0.857. The van der Waals surface area contributed by atoms with Crippen LogP contribution in [0.25, 0.3) is 0 Å². The lowest BCUT2D eigenvalue weighted by atomic mass is 10.00. The molecule has 1 atom stereocenters. The van der Waals surface area contributed by atoms with Gasteiger partial charge in [0.25, 0.3) is 0 Å². The van der Waals surface area contributed by atoms with E-state index in [1.807, 2.05) is 0 Å². The van der Waals surface area contributed by atoms with E-state index >= 15 is 0 Å². The van der Waals surface area contributed by atoms with Gasteiger partial charge in [0.05, 0.1) is 0 Å². The van der Waals surface area contributed by atoms with Gasteiger partial charge in [0.1, 0.15) is 0 Å². The third kappa shape index (κ3) is 5.19. The number of amides is 2. The predicted molar refractivity (Wildman–Crippen MR) is 73.6 cm³/mol. The van der Waals surface area contributed by atoms with E-state index in [0.717, 1.165) is 44.9 Å². The lowest BCUT2D eigenvalue weighted by Crippen LogP contribution is -2.50. The summed E-state index contributed by atoms with van der Waals surface area (Å²) in [5.74, 6) is -0.863. The average Bonchev–Trinajstić information content (AvgIpc) is 2.46. The molecule has 0 aliphatic carbocycles. The third-order valence-electron chi connectivity index (χ3n) is 3.67. The molecular formula is C14H26N2O3. The number of piperidine rings is 1. The van der Waals surface area contributed by atoms with Crippen molar-refractivity contribution in [3.63, 3.8) is 0 Å². The van der Waals surface area contributed by atoms with Gasteiger partial charge in [0.2, 0.25) is 0 Å². The Kier molecular flexibility index (Phi) is 7.48. The first-order valence-electron chi connectivity index (χ1n) is 7.40. The Hall–Kier alpha value is -1.10. The summed E-state index contributed by atoms with van der Waals surface area (Å²) >= 11 is 0. The summed E-state index contributed by atoms with van der Waals surface area (Å²) in [7, 11) is 0. The molecule has 0 aromatic heterocycles. The van der Waals surface area contributed by atoms with Gasteiger partial charge < -0.3 is 15.3 Å². The molecule has 0 spiro atoms. The molecule has 0 saturated carbocycles. The van der Waals surface area contributed by atoms with Crippen LogP contribution < -0.4 is 5.32 Å². The van der Waals surface area contributed by atoms with Crippen molar-refractivity contribution >= 4 is 11.8 Å². The predicted octanol–water partition coefficient (Wildman–Crippen LogP) is 1.06. The first-order chi connectivity index (χ1) is 9.20. The van der Waals surface area contributed by atoms with Crippen LogP contribution in [0.15, 0.2) is 0 Å². The van der Waals surface area contributed by atoms with Crippen LogP contribution in [0.1, 0.15) is 51.9 Å². The molecule has 0 radical (unpaired) electrons. The standard InChI is InChI=1S/C14H26N2O3/c1-2-12-8-4-6-10-16(12)14(19)13(18)15-9-5-3-7-11-17/h12,17H,2-11H2,1H3,(H,15,18). The van der Waals surface area contributed by atoms with Crippen LogP contribution in [0.5, 0.6) is 0 Å². The van der Waals surface area contributed by atoms with Crippen LogP contribution >= 0.6 is 0 Å². The smallest absolute Gasteiger partial charge is 0.312 e. The molecule has 0 bridgehead atoms. The second-order valence-electron chi connectivity index (χ2n) is 5.10. The molecule has 2 amide bonds. The summed E-state index contributed by atoms with van der Waals surface area (Å²) < 4.78 is 0. The number of carbonyl (C=O) groups excluding carboxylic acids is 2. The van der Waals surface area contributed by atoms with Gasteiger partial charge in [-0.25, -0.2) is 0 Å². The number of nitrogens with one attached hydrogen (secondary N) is 1. The van der Waals surface area contributed by atoms with Crippen LogP contribution in [-0.2, 0) is 9.59 Å². The zero-order valence-corrected chi connectivity index (χ0v) is 11.9. The molecule has 0 aromatic carbocycles. The van der Waals surface area contributed by atoms with Crippen LogP contribution in [-0.4, -0.2) is 47.6 Å². The van der Waals surface area contributed by atoms with Crippen molar-refractivity contribution in [2.45, 2.75) is 57.9 Å². The minimum atomic E-state index is -0.482. The van der Waals surface area contributed by atoms with Gasteiger partial charge in [-0.05, 0) is 44.9 Å². The molecule has 5 nitrogen and oxygen atoms in total. The zero-order valence-electron chi connectivity index (χ0n) is 11.9. The van der Waals surface area contributed by atoms with Crippen molar-refractivity contribution in [2.75, 3.05) is 19.7 Å². The maximum Gasteiger partial charge on any atom is 0.312 e. The monoisotopic (exact) mass is 270 g/mol. The summed E-state index contributed by atoms with van der Waals surface area (Å²) in [6.07, 6.45) is 6.47. The number of unbranched alkanes of at least 4 members (excludes halogenated alkanes) is 2. The fourth-order valence-corrected chi connectivity index (χ4v) is 2.51. The molecule has 1 aliphatic heterocycles. The minimum Gasteiger partial charge on any atom is -0.396 e. The van der Waals surface area contributed by atoms with E-state index in [2.05, 4.69) is 12.2 Å². The van der Waals surface area contributed by atoms with Gasteiger partial charge in [0.15, 0.2) is 0 Å². The highest BCUT2D eigenvalue weighted by Gasteiger charge is 2.29. The molecule has 1 fully saturated rings. The Morgan fingerprint density at radius 1 is 1.26 bits per heavy atom. The Bertz CT molecular complexity index is 294. The van der Waals surface area contributed by atoms with Gasteiger partial charge in [-0.15, -0.1) is 0 Å². The molecular weight excluding hydrogens is 244 g/mol. The largest absolute Gasteiger partial charge is 0.396 e. The van der Waals surface area contributed by atoms with Crippen molar-refractivity contribution in [3.05, 3.63) is 0 Å². The Labute approximate surface area is 115 Å². The maximum atomic E-state index is 12.1. The fourth-order valence-electron chi connectivity index (χ4n) is 2.51. The number of aliphatic hydroxyl groups is 1. The lowest BCUT2D eigenvalue weighted by molar-refractivity contribution is -0.148. The Balaban J connectivity index is 2.32. The number of likely N-dealkylation sites (tertiary alicyclic amines) is 1. The molecule has 19 heavy (non-hydrogen) atoms. The average molecular weight is 270 g/mol. The van der Waals surface area contributed by atoms with Crippen molar-refractivity contribution in [2.24, 2.45) is 0 Å². The van der Waals surface area contributed by atoms with E-state index < -0.39 is 5.91 Å². The summed E-state index contributed by atoms with van der Waals surface area (Å²) in [4.78, 5) is 25.6. The van der Waals surface area contributed by atoms with E-state index in [1.165, 1.54) is 0 Å². The van der Waals surface area contributed by atoms with Crippen molar-refractivity contribution < 1.29 is 14.7 Å². The molecule has 110 valence electrons. The van der Waals surface area contributed by atoms with Crippen LogP contribution in [0.4, 0.5) is 0 Å². The van der Waals surface area contributed by atoms with Gasteiger partial charge in [0, 0.05) is 25.7 Å². The number of hydrogen-bond acceptors (Lipinski definition) is 3. The highest BCUT2D eigenvalue weighted by molar-refractivity contribution is 6.35. The highest BCUT2D eigenvalue weighted by Crippen LogP contribution is 2.19. The molecule has 1 saturated heterocycles. The molecule has 1 aliphatic rings. The van der Waals surface area contributed by atoms with E-state index in [1.54, 1.807) is 4.90 Å². The summed E-state index contributed by atoms with van der Waals surface area (Å²) in [6, 6.07) is 0.224. The SMILES string of the molecule is CCC1CCCCN1C(=O)C(=O)NCCCCCO. The number of carbonyl (C=O) groups is 2. The van der Waals surface area contributed by atoms with Gasteiger partial charge in [-0.3, -0.25) is 9.59 Å². The molecule has 1 rings (SSSR count). The topological polar surface area (TPSA) is 69.6 Å². The molecule has 5 heteroatoms. The molecule has 1 heterocycles. The number of rotatable bonds is 6. The summed E-state index contributed by atoms with van der Waals surface area (Å²) in [5.41, 5.74) is 0. The van der Waals surface area contributed by atoms with E-state index in [-0.39, 0.29) is 18.6 Å². The normalized spacial score (nSPS) is 19.3. The van der Waals surface area contributed by atoms with Gasteiger partial charge in [-0.2, -0.15) is 0 Å². The maximum absolute atomic E-state index is 12.1. The summed E-state index contributed by atoms with van der Waals surface area (Å²) in [5, 5.41) is 11.3. The van der Waals surface area contributed by atoms with Crippen LogP contribution in [0.2, 0.25) is 0 Å². The van der Waals surface area contributed by atoms with Crippen LogP contribution in [0.3, 0.4) is 0 Å². The quantitative estimate of drug-likeness (QED) is 0.560. The molecule has 2 N–H and O–H groups in total. The van der Waals surface area contributed by atoms with Crippen LogP contribution in [0, 0.1) is 0 Å². The van der Waals surface area contributed by atoms with Crippen molar-refractivity contribution in [3.8, 4) is 0 Å². The molecule has 1 unspecified atom stereocenters. The van der Waals surface area contributed by atoms with Crippen molar-refractivity contribution in [1.29, 1.82) is 0 Å². The number of hydrogen-bond donors (Lipinski definition) is 2. The zero-order chi connectivity index (χ0) is 14.1. The third-order valence-corrected chi connectivity index (χ3v) is 3.67. The highest BCUT2D eigenvalue weighted by atomic mass is 16.3. The van der Waals surface area contributed by atoms with E-state index in [9.17, 15) is 9.59 Å². The summed E-state index contributed by atoms with van der Waals surface area (Å²) in [6.45, 7) is 3.45. The number of aliphatic hydroxyl groups excluding tert-OH is 1. The van der Waals surface area contributed by atoms with E-state index in [0.29, 0.717) is 13.1 Å². The lowest BCUT2D eigenvalue weighted by Gasteiger charge is -2.34. The number of nitrogens with zero attached hydrogens (tertiary/aromatic N) is 1. The minimum absolute atomic E-state index is 0.179. The molecule has 0 aromatic rings. The first-order valence-corrected chi connectivity index (χ1v) is 7.40. The Morgan fingerprint density at radius 3 is 2.74 bits per heavy atom. The first kappa shape index (κ1) is 16.0. The second kappa shape index (κ2) is 8.91. The van der Waals surface area contributed by atoms with Gasteiger partial charge >= 0.3 is 11.8 Å². The second-order valence-corrected chi connectivity index (χ2v) is 5.10. The van der Waals surface area contributed by atoms with E-state index in [4.69, 9.17) is 5.11 Å². The van der Waals surface area contributed by atoms with Gasteiger partial charge in [-0.1, -0.05) is 6.92 Å².